The van der Waals surface area contributed by atoms with Crippen LogP contribution in [0.15, 0.2) is 39.9 Å². The number of hydrazone groups is 1. The van der Waals surface area contributed by atoms with Gasteiger partial charge in [-0.25, -0.2) is 0 Å². The number of furan rings is 1. The fraction of sp³-hybridized carbons (Fsp3) is 0.0769. The molecule has 0 aliphatic rings. The molecule has 0 aliphatic carbocycles. The minimum atomic E-state index is -4.53. The van der Waals surface area contributed by atoms with E-state index in [1.807, 2.05) is 0 Å². The predicted molar refractivity (Wildman–Crippen MR) is 88.8 cm³/mol. The second-order valence-corrected chi connectivity index (χ2v) is 5.27. The molecule has 0 aliphatic heterocycles. The lowest BCUT2D eigenvalue weighted by Crippen LogP contribution is -2.24. The number of rotatable bonds is 4. The van der Waals surface area contributed by atoms with Gasteiger partial charge in [-0.05, 0) is 36.5 Å². The predicted octanol–water partition coefficient (Wildman–Crippen LogP) is 4.18. The minimum absolute atomic E-state index is 0.0304. The van der Waals surface area contributed by atoms with Gasteiger partial charge in [0.1, 0.15) is 4.92 Å². The first kappa shape index (κ1) is 18.7. The number of hydrogen-bond donors (Lipinski definition) is 2. The topological polar surface area (TPSA) is 92.7 Å². The van der Waals surface area contributed by atoms with Crippen molar-refractivity contribution in [2.45, 2.75) is 6.18 Å². The van der Waals surface area contributed by atoms with E-state index in [0.717, 1.165) is 30.5 Å². The highest BCUT2D eigenvalue weighted by Gasteiger charge is 2.31. The molecule has 12 heteroatoms. The fourth-order valence-electron chi connectivity index (χ4n) is 1.61. The van der Waals surface area contributed by atoms with E-state index in [2.05, 4.69) is 15.8 Å². The average molecular weight is 393 g/mol. The lowest BCUT2D eigenvalue weighted by Gasteiger charge is -2.12. The zero-order chi connectivity index (χ0) is 18.6. The first-order chi connectivity index (χ1) is 11.7. The number of hydrogen-bond acceptors (Lipinski definition) is 5. The summed E-state index contributed by atoms with van der Waals surface area (Å²) >= 11 is 10.7. The van der Waals surface area contributed by atoms with E-state index in [1.54, 1.807) is 0 Å². The van der Waals surface area contributed by atoms with Crippen molar-refractivity contribution in [2.24, 2.45) is 5.10 Å². The lowest BCUT2D eigenvalue weighted by atomic mass is 10.2. The smallest absolute Gasteiger partial charge is 0.400 e. The average Bonchev–Trinajstić information content (AvgIpc) is 2.97. The van der Waals surface area contributed by atoms with Gasteiger partial charge in [-0.2, -0.15) is 18.3 Å². The van der Waals surface area contributed by atoms with Crippen LogP contribution in [0.2, 0.25) is 5.02 Å². The van der Waals surface area contributed by atoms with Gasteiger partial charge in [-0.15, -0.1) is 0 Å². The minimum Gasteiger partial charge on any atom is -0.400 e. The van der Waals surface area contributed by atoms with Crippen molar-refractivity contribution in [2.75, 3.05) is 5.32 Å². The maximum absolute atomic E-state index is 12.7. The number of anilines is 1. The summed E-state index contributed by atoms with van der Waals surface area (Å²) in [6, 6.07) is 5.17. The van der Waals surface area contributed by atoms with Crippen LogP contribution in [-0.2, 0) is 6.18 Å². The van der Waals surface area contributed by atoms with Crippen LogP contribution in [0.1, 0.15) is 11.3 Å². The van der Waals surface area contributed by atoms with Gasteiger partial charge in [-0.3, -0.25) is 15.5 Å². The largest absolute Gasteiger partial charge is 0.433 e. The number of thiocarbonyl (C=S) groups is 1. The molecule has 132 valence electrons. The van der Waals surface area contributed by atoms with Crippen LogP contribution in [0, 0.1) is 10.1 Å². The van der Waals surface area contributed by atoms with Gasteiger partial charge < -0.3 is 9.73 Å². The first-order valence-corrected chi connectivity index (χ1v) is 7.16. The molecule has 2 N–H and O–H groups in total. The molecule has 0 spiro atoms. The fourth-order valence-corrected chi connectivity index (χ4v) is 1.94. The van der Waals surface area contributed by atoms with E-state index in [1.165, 1.54) is 6.07 Å². The SMILES string of the molecule is O=[N+]([O-])c1ccc(/C=N/NC(=S)Nc2cc(C(F)(F)F)ccc2Cl)o1. The van der Waals surface area contributed by atoms with Crippen molar-refractivity contribution in [3.05, 3.63) is 56.8 Å². The van der Waals surface area contributed by atoms with Crippen LogP contribution in [0.5, 0.6) is 0 Å². The van der Waals surface area contributed by atoms with Crippen LogP contribution in [0.4, 0.5) is 24.7 Å². The second-order valence-electron chi connectivity index (χ2n) is 4.45. The quantitative estimate of drug-likeness (QED) is 0.351. The van der Waals surface area contributed by atoms with Crippen LogP contribution >= 0.6 is 23.8 Å². The van der Waals surface area contributed by atoms with Gasteiger partial charge in [0.25, 0.3) is 0 Å². The van der Waals surface area contributed by atoms with Crippen molar-refractivity contribution in [3.8, 4) is 0 Å². The maximum atomic E-state index is 12.7. The Kier molecular flexibility index (Phi) is 5.59. The van der Waals surface area contributed by atoms with Gasteiger partial charge in [0.15, 0.2) is 10.9 Å². The summed E-state index contributed by atoms with van der Waals surface area (Å²) in [6.45, 7) is 0. The molecule has 1 aromatic heterocycles. The summed E-state index contributed by atoms with van der Waals surface area (Å²) in [4.78, 5) is 9.74. The summed E-state index contributed by atoms with van der Waals surface area (Å²) in [6.07, 6.45) is -3.42. The van der Waals surface area contributed by atoms with Gasteiger partial charge in [0.05, 0.1) is 28.6 Å². The summed E-state index contributed by atoms with van der Waals surface area (Å²) in [7, 11) is 0. The van der Waals surface area contributed by atoms with E-state index in [4.69, 9.17) is 28.2 Å². The van der Waals surface area contributed by atoms with Gasteiger partial charge in [0.2, 0.25) is 0 Å². The molecule has 2 aromatic rings. The summed E-state index contributed by atoms with van der Waals surface area (Å²) < 4.78 is 42.9. The molecule has 0 atom stereocenters. The van der Waals surface area contributed by atoms with Crippen LogP contribution < -0.4 is 10.7 Å². The van der Waals surface area contributed by atoms with Crippen molar-refractivity contribution < 1.29 is 22.5 Å². The Bertz CT molecular complexity index is 838. The number of benzene rings is 1. The Hall–Kier alpha value is -2.66. The highest BCUT2D eigenvalue weighted by molar-refractivity contribution is 7.80. The summed E-state index contributed by atoms with van der Waals surface area (Å²) in [5, 5.41) is 16.5. The van der Waals surface area contributed by atoms with Gasteiger partial charge in [0, 0.05) is 0 Å². The number of nitrogens with zero attached hydrogens (tertiary/aromatic N) is 2. The third-order valence-electron chi connectivity index (χ3n) is 2.69. The highest BCUT2D eigenvalue weighted by atomic mass is 35.5. The monoisotopic (exact) mass is 392 g/mol. The molecule has 0 saturated heterocycles. The summed E-state index contributed by atoms with van der Waals surface area (Å²) in [5.41, 5.74) is 1.37. The molecule has 0 amide bonds. The molecule has 1 aromatic carbocycles. The van der Waals surface area contributed by atoms with E-state index in [9.17, 15) is 23.3 Å². The van der Waals surface area contributed by atoms with Crippen molar-refractivity contribution in [1.29, 1.82) is 0 Å². The zero-order valence-electron chi connectivity index (χ0n) is 12.0. The number of nitrogens with one attached hydrogen (secondary N) is 2. The summed E-state index contributed by atoms with van der Waals surface area (Å²) in [5.74, 6) is -0.378. The normalized spacial score (nSPS) is 11.5. The van der Waals surface area contributed by atoms with E-state index in [-0.39, 0.29) is 21.6 Å². The van der Waals surface area contributed by atoms with Crippen molar-refractivity contribution >= 4 is 46.7 Å². The van der Waals surface area contributed by atoms with E-state index in [0.29, 0.717) is 0 Å². The van der Waals surface area contributed by atoms with E-state index >= 15 is 0 Å². The molecule has 0 unspecified atom stereocenters. The third-order valence-corrected chi connectivity index (χ3v) is 3.22. The molecule has 0 radical (unpaired) electrons. The van der Waals surface area contributed by atoms with Crippen LogP contribution in [0.25, 0.3) is 0 Å². The molecule has 0 bridgehead atoms. The lowest BCUT2D eigenvalue weighted by molar-refractivity contribution is -0.402. The number of alkyl halides is 3. The molecular formula is C13H8ClF3N4O3S. The standard InChI is InChI=1S/C13H8ClF3N4O3S/c14-9-3-1-7(13(15,16)17)5-10(9)19-12(25)20-18-6-8-2-4-11(24-8)21(22)23/h1-6H,(H2,19,20,25)/b18-6+. The zero-order valence-corrected chi connectivity index (χ0v) is 13.6. The molecule has 1 heterocycles. The molecule has 0 saturated carbocycles. The van der Waals surface area contributed by atoms with E-state index < -0.39 is 22.5 Å². The van der Waals surface area contributed by atoms with Crippen molar-refractivity contribution in [3.63, 3.8) is 0 Å². The maximum Gasteiger partial charge on any atom is 0.433 e. The molecule has 2 rings (SSSR count). The van der Waals surface area contributed by atoms with Gasteiger partial charge in [-0.1, -0.05) is 11.6 Å². The Morgan fingerprint density at radius 1 is 1.36 bits per heavy atom. The van der Waals surface area contributed by atoms with Crippen LogP contribution in [0.3, 0.4) is 0 Å². The van der Waals surface area contributed by atoms with Crippen LogP contribution in [-0.4, -0.2) is 16.3 Å². The Morgan fingerprint density at radius 3 is 2.68 bits per heavy atom. The molecule has 7 nitrogen and oxygen atoms in total. The van der Waals surface area contributed by atoms with Gasteiger partial charge >= 0.3 is 12.1 Å². The second kappa shape index (κ2) is 7.49. The van der Waals surface area contributed by atoms with Crippen molar-refractivity contribution in [1.82, 2.24) is 5.43 Å². The number of nitro groups is 1. The Balaban J connectivity index is 2.00. The Morgan fingerprint density at radius 2 is 2.08 bits per heavy atom. The third kappa shape index (κ3) is 5.16. The highest BCUT2D eigenvalue weighted by Crippen LogP contribution is 2.33. The number of halogens is 4. The Labute approximate surface area is 148 Å². The molecule has 25 heavy (non-hydrogen) atoms. The molecular weight excluding hydrogens is 385 g/mol. The molecule has 0 fully saturated rings. The first-order valence-electron chi connectivity index (χ1n) is 6.38.